The van der Waals surface area contributed by atoms with E-state index in [2.05, 4.69) is 17.3 Å². The Labute approximate surface area is 161 Å². The van der Waals surface area contributed by atoms with Crippen LogP contribution >= 0.6 is 22.7 Å². The summed E-state index contributed by atoms with van der Waals surface area (Å²) in [4.78, 5) is 17.7. The Morgan fingerprint density at radius 2 is 2.00 bits per heavy atom. The molecule has 1 aliphatic rings. The first-order chi connectivity index (χ1) is 12.7. The normalized spacial score (nSPS) is 13.0. The Balaban J connectivity index is 1.30. The van der Waals surface area contributed by atoms with Gasteiger partial charge in [-0.25, -0.2) is 0 Å². The fourth-order valence-electron chi connectivity index (χ4n) is 2.97. The zero-order chi connectivity index (χ0) is 17.9. The van der Waals surface area contributed by atoms with E-state index in [0.717, 1.165) is 47.2 Å². The van der Waals surface area contributed by atoms with Gasteiger partial charge in [-0.2, -0.15) is 0 Å². The van der Waals surface area contributed by atoms with E-state index in [1.165, 1.54) is 28.0 Å². The summed E-state index contributed by atoms with van der Waals surface area (Å²) in [7, 11) is 0. The molecule has 0 atom stereocenters. The zero-order valence-electron chi connectivity index (χ0n) is 14.5. The molecule has 3 nitrogen and oxygen atoms in total. The molecular formula is C21H19NO2S2. The van der Waals surface area contributed by atoms with Gasteiger partial charge >= 0.3 is 0 Å². The van der Waals surface area contributed by atoms with Crippen LogP contribution in [0, 0.1) is 6.92 Å². The fourth-order valence-corrected chi connectivity index (χ4v) is 4.60. The molecule has 1 aromatic carbocycles. The van der Waals surface area contributed by atoms with Gasteiger partial charge in [0.1, 0.15) is 0 Å². The van der Waals surface area contributed by atoms with E-state index in [1.807, 2.05) is 41.8 Å². The molecule has 0 saturated heterocycles. The average Bonchev–Trinajstić information content (AvgIpc) is 3.32. The molecular weight excluding hydrogens is 362 g/mol. The Kier molecular flexibility index (Phi) is 5.00. The summed E-state index contributed by atoms with van der Waals surface area (Å²) in [5, 5.41) is 5.06. The number of carbonyl (C=O) groups is 1. The number of nitrogens with zero attached hydrogens (tertiary/aromatic N) is 1. The quantitative estimate of drug-likeness (QED) is 0.517. The molecule has 132 valence electrons. The number of aryl methyl sites for hydroxylation is 2. The Hall–Kier alpha value is -2.24. The van der Waals surface area contributed by atoms with Crippen molar-refractivity contribution in [2.45, 2.75) is 32.7 Å². The van der Waals surface area contributed by atoms with E-state index in [4.69, 9.17) is 4.74 Å². The first-order valence-electron chi connectivity index (χ1n) is 8.66. The van der Waals surface area contributed by atoms with Crippen LogP contribution in [0.3, 0.4) is 0 Å². The van der Waals surface area contributed by atoms with Crippen LogP contribution in [0.5, 0.6) is 5.06 Å². The molecule has 0 radical (unpaired) electrons. The first kappa shape index (κ1) is 17.2. The van der Waals surface area contributed by atoms with Crippen LogP contribution in [-0.2, 0) is 13.0 Å². The van der Waals surface area contributed by atoms with Gasteiger partial charge in [0, 0.05) is 17.5 Å². The molecule has 3 heterocycles. The second-order valence-corrected chi connectivity index (χ2v) is 8.14. The Morgan fingerprint density at radius 1 is 1.15 bits per heavy atom. The molecule has 3 aromatic rings. The number of hydrogen-bond donors (Lipinski definition) is 0. The van der Waals surface area contributed by atoms with Gasteiger partial charge in [0.2, 0.25) is 5.78 Å². The number of thiophene rings is 2. The highest BCUT2D eigenvalue weighted by molar-refractivity contribution is 7.12. The molecule has 0 saturated carbocycles. The topological polar surface area (TPSA) is 38.7 Å². The predicted octanol–water partition coefficient (Wildman–Crippen LogP) is 5.66. The van der Waals surface area contributed by atoms with E-state index in [1.54, 1.807) is 11.3 Å². The second-order valence-electron chi connectivity index (χ2n) is 6.35. The number of ether oxygens (including phenoxy) is 1. The van der Waals surface area contributed by atoms with Gasteiger partial charge in [-0.3, -0.25) is 9.79 Å². The van der Waals surface area contributed by atoms with Crippen LogP contribution in [0.1, 0.15) is 44.8 Å². The number of ketones is 1. The maximum Gasteiger partial charge on any atom is 0.202 e. The molecule has 0 bridgehead atoms. The van der Waals surface area contributed by atoms with Crippen molar-refractivity contribution in [1.82, 2.24) is 0 Å². The maximum absolute atomic E-state index is 12.3. The molecule has 5 heteroatoms. The van der Waals surface area contributed by atoms with Gasteiger partial charge in [-0.1, -0.05) is 30.3 Å². The lowest BCUT2D eigenvalue weighted by Gasteiger charge is -2.14. The van der Waals surface area contributed by atoms with Crippen molar-refractivity contribution >= 4 is 34.4 Å². The third kappa shape index (κ3) is 3.64. The lowest BCUT2D eigenvalue weighted by molar-refractivity contribution is 0.104. The molecule has 0 spiro atoms. The maximum atomic E-state index is 12.3. The lowest BCUT2D eigenvalue weighted by Crippen LogP contribution is -2.13. The van der Waals surface area contributed by atoms with Gasteiger partial charge < -0.3 is 4.74 Å². The highest BCUT2D eigenvalue weighted by Gasteiger charge is 2.17. The number of rotatable bonds is 6. The number of benzene rings is 1. The standard InChI is InChI=1S/C21H19NO2S2/c1-14-13-26-21-17(14)12-22-19(24-21)6-2-4-15-7-9-16(10-8-15)20(23)18-5-3-11-25-18/h3,5,7-11,13H,2,4,6,12H2,1H3. The summed E-state index contributed by atoms with van der Waals surface area (Å²) >= 11 is 3.14. The van der Waals surface area contributed by atoms with Gasteiger partial charge in [0.25, 0.3) is 0 Å². The van der Waals surface area contributed by atoms with E-state index in [0.29, 0.717) is 0 Å². The van der Waals surface area contributed by atoms with Crippen LogP contribution in [0.4, 0.5) is 0 Å². The van der Waals surface area contributed by atoms with Crippen LogP contribution in [0.25, 0.3) is 0 Å². The molecule has 26 heavy (non-hydrogen) atoms. The Bertz CT molecular complexity index is 937. The summed E-state index contributed by atoms with van der Waals surface area (Å²) in [6.45, 7) is 2.84. The van der Waals surface area contributed by atoms with Gasteiger partial charge in [0.15, 0.2) is 11.0 Å². The van der Waals surface area contributed by atoms with Crippen molar-refractivity contribution < 1.29 is 9.53 Å². The minimum Gasteiger partial charge on any atom is -0.432 e. The second kappa shape index (κ2) is 7.56. The molecule has 0 aliphatic carbocycles. The van der Waals surface area contributed by atoms with E-state index in [9.17, 15) is 4.79 Å². The Morgan fingerprint density at radius 3 is 2.77 bits per heavy atom. The fraction of sp³-hybridized carbons (Fsp3) is 0.238. The summed E-state index contributed by atoms with van der Waals surface area (Å²) in [5.41, 5.74) is 4.48. The van der Waals surface area contributed by atoms with Gasteiger partial charge in [0.05, 0.1) is 11.4 Å². The third-order valence-corrected chi connectivity index (χ3v) is 6.39. The third-order valence-electron chi connectivity index (χ3n) is 4.51. The average molecular weight is 382 g/mol. The van der Waals surface area contributed by atoms with E-state index < -0.39 is 0 Å². The summed E-state index contributed by atoms with van der Waals surface area (Å²) in [6, 6.07) is 11.7. The van der Waals surface area contributed by atoms with Crippen molar-refractivity contribution in [3.63, 3.8) is 0 Å². The molecule has 2 aromatic heterocycles. The molecule has 4 rings (SSSR count). The molecule has 0 unspecified atom stereocenters. The van der Waals surface area contributed by atoms with E-state index in [-0.39, 0.29) is 5.78 Å². The largest absolute Gasteiger partial charge is 0.432 e. The van der Waals surface area contributed by atoms with Crippen molar-refractivity contribution in [1.29, 1.82) is 0 Å². The minimum absolute atomic E-state index is 0.0959. The number of hydrogen-bond acceptors (Lipinski definition) is 5. The van der Waals surface area contributed by atoms with Gasteiger partial charge in [-0.15, -0.1) is 22.7 Å². The highest BCUT2D eigenvalue weighted by atomic mass is 32.1. The molecule has 0 amide bonds. The summed E-state index contributed by atoms with van der Waals surface area (Å²) in [6.07, 6.45) is 2.77. The van der Waals surface area contributed by atoms with Gasteiger partial charge in [-0.05, 0) is 47.7 Å². The summed E-state index contributed by atoms with van der Waals surface area (Å²) < 4.78 is 5.91. The zero-order valence-corrected chi connectivity index (χ0v) is 16.2. The van der Waals surface area contributed by atoms with Crippen molar-refractivity contribution in [2.24, 2.45) is 4.99 Å². The van der Waals surface area contributed by atoms with Crippen molar-refractivity contribution in [3.8, 4) is 5.06 Å². The van der Waals surface area contributed by atoms with Crippen LogP contribution in [0.2, 0.25) is 0 Å². The summed E-state index contributed by atoms with van der Waals surface area (Å²) in [5.74, 6) is 0.933. The van der Waals surface area contributed by atoms with Crippen molar-refractivity contribution in [2.75, 3.05) is 0 Å². The highest BCUT2D eigenvalue weighted by Crippen LogP contribution is 2.34. The molecule has 0 fully saturated rings. The predicted molar refractivity (Wildman–Crippen MR) is 108 cm³/mol. The number of carbonyl (C=O) groups excluding carboxylic acids is 1. The van der Waals surface area contributed by atoms with Crippen LogP contribution in [0.15, 0.2) is 52.2 Å². The smallest absolute Gasteiger partial charge is 0.202 e. The lowest BCUT2D eigenvalue weighted by atomic mass is 10.0. The monoisotopic (exact) mass is 381 g/mol. The molecule has 1 aliphatic heterocycles. The van der Waals surface area contributed by atoms with Crippen molar-refractivity contribution in [3.05, 3.63) is 74.3 Å². The first-order valence-corrected chi connectivity index (χ1v) is 10.4. The SMILES string of the molecule is Cc1csc2c1CN=C(CCCc1ccc(C(=O)c3cccs3)cc1)O2. The number of aliphatic imine (C=N–C) groups is 1. The minimum atomic E-state index is 0.0959. The van der Waals surface area contributed by atoms with Crippen LogP contribution < -0.4 is 4.74 Å². The van der Waals surface area contributed by atoms with Crippen LogP contribution in [-0.4, -0.2) is 11.7 Å². The molecule has 0 N–H and O–H groups in total. The van der Waals surface area contributed by atoms with E-state index >= 15 is 0 Å². The number of fused-ring (bicyclic) bond motifs is 1.